The Morgan fingerprint density at radius 3 is 2.94 bits per heavy atom. The minimum atomic E-state index is 0.319. The first-order valence-corrected chi connectivity index (χ1v) is 7.69. The van der Waals surface area contributed by atoms with Gasteiger partial charge in [0.1, 0.15) is 12.2 Å². The molecule has 1 aromatic rings. The summed E-state index contributed by atoms with van der Waals surface area (Å²) in [6, 6.07) is 0. The molecule has 1 saturated carbocycles. The zero-order valence-electron chi connectivity index (χ0n) is 11.5. The highest BCUT2D eigenvalue weighted by molar-refractivity contribution is 6.20. The van der Waals surface area contributed by atoms with E-state index < -0.39 is 0 Å². The van der Waals surface area contributed by atoms with Crippen LogP contribution in [-0.2, 0) is 13.0 Å². The lowest BCUT2D eigenvalue weighted by Gasteiger charge is -2.32. The number of rotatable bonds is 5. The lowest BCUT2D eigenvalue weighted by molar-refractivity contribution is 0.260. The van der Waals surface area contributed by atoms with E-state index in [1.54, 1.807) is 6.33 Å². The number of hydrogen-bond donors (Lipinski definition) is 0. The molecule has 0 aromatic carbocycles. The molecule has 1 aromatic heterocycles. The fourth-order valence-corrected chi connectivity index (χ4v) is 3.30. The first kappa shape index (κ1) is 13.9. The molecular weight excluding hydrogens is 246 g/mol. The second-order valence-electron chi connectivity index (χ2n) is 5.47. The molecule has 0 spiro atoms. The van der Waals surface area contributed by atoms with Crippen LogP contribution in [0.5, 0.6) is 0 Å². The van der Waals surface area contributed by atoms with E-state index in [1.165, 1.54) is 19.3 Å². The summed E-state index contributed by atoms with van der Waals surface area (Å²) in [4.78, 5) is 4.41. The van der Waals surface area contributed by atoms with Crippen molar-refractivity contribution in [1.29, 1.82) is 0 Å². The third kappa shape index (κ3) is 3.25. The van der Waals surface area contributed by atoms with E-state index in [0.717, 1.165) is 37.5 Å². The van der Waals surface area contributed by atoms with Gasteiger partial charge in [-0.2, -0.15) is 5.10 Å². The quantitative estimate of drug-likeness (QED) is 0.764. The Morgan fingerprint density at radius 1 is 1.39 bits per heavy atom. The van der Waals surface area contributed by atoms with Crippen molar-refractivity contribution in [3.05, 3.63) is 12.2 Å². The Bertz CT molecular complexity index is 364. The maximum atomic E-state index is 6.49. The summed E-state index contributed by atoms with van der Waals surface area (Å²) in [7, 11) is 0. The fourth-order valence-electron chi connectivity index (χ4n) is 2.99. The van der Waals surface area contributed by atoms with Crippen LogP contribution in [0.2, 0.25) is 0 Å². The van der Waals surface area contributed by atoms with Crippen LogP contribution in [-0.4, -0.2) is 20.1 Å². The molecule has 0 N–H and O–H groups in total. The number of halogens is 1. The first-order valence-electron chi connectivity index (χ1n) is 7.25. The van der Waals surface area contributed by atoms with Crippen molar-refractivity contribution in [2.75, 3.05) is 0 Å². The van der Waals surface area contributed by atoms with Crippen LogP contribution in [0.3, 0.4) is 0 Å². The molecule has 2 rings (SSSR count). The van der Waals surface area contributed by atoms with Gasteiger partial charge in [-0.3, -0.25) is 4.68 Å². The summed E-state index contributed by atoms with van der Waals surface area (Å²) in [5, 5.41) is 4.62. The monoisotopic (exact) mass is 269 g/mol. The van der Waals surface area contributed by atoms with E-state index in [9.17, 15) is 0 Å². The average Bonchev–Trinajstić information content (AvgIpc) is 2.80. The highest BCUT2D eigenvalue weighted by Crippen LogP contribution is 2.35. The van der Waals surface area contributed by atoms with Crippen molar-refractivity contribution in [3.8, 4) is 0 Å². The second-order valence-corrected chi connectivity index (χ2v) is 6.03. The minimum absolute atomic E-state index is 0.319. The Balaban J connectivity index is 2.00. The van der Waals surface area contributed by atoms with Crippen molar-refractivity contribution in [3.63, 3.8) is 0 Å². The zero-order chi connectivity index (χ0) is 13.0. The maximum absolute atomic E-state index is 6.49. The van der Waals surface area contributed by atoms with E-state index in [2.05, 4.69) is 23.9 Å². The predicted molar refractivity (Wildman–Crippen MR) is 74.8 cm³/mol. The van der Waals surface area contributed by atoms with Gasteiger partial charge in [0.15, 0.2) is 0 Å². The van der Waals surface area contributed by atoms with Crippen LogP contribution >= 0.6 is 11.6 Å². The summed E-state index contributed by atoms with van der Waals surface area (Å²) >= 11 is 6.49. The summed E-state index contributed by atoms with van der Waals surface area (Å²) in [6.45, 7) is 5.42. The molecule has 0 bridgehead atoms. The topological polar surface area (TPSA) is 30.7 Å². The van der Waals surface area contributed by atoms with Crippen LogP contribution < -0.4 is 0 Å². The van der Waals surface area contributed by atoms with Gasteiger partial charge in [0.05, 0.1) is 0 Å². The molecular formula is C14H24ClN3. The lowest BCUT2D eigenvalue weighted by atomic mass is 9.78. The van der Waals surface area contributed by atoms with Gasteiger partial charge >= 0.3 is 0 Å². The van der Waals surface area contributed by atoms with E-state index in [4.69, 9.17) is 11.6 Å². The van der Waals surface area contributed by atoms with Gasteiger partial charge < -0.3 is 0 Å². The molecule has 3 atom stereocenters. The summed E-state index contributed by atoms with van der Waals surface area (Å²) < 4.78 is 2.04. The van der Waals surface area contributed by atoms with Crippen LogP contribution in [0.4, 0.5) is 0 Å². The van der Waals surface area contributed by atoms with Crippen molar-refractivity contribution in [2.24, 2.45) is 11.8 Å². The number of aryl methyl sites for hydroxylation is 1. The maximum Gasteiger partial charge on any atom is 0.138 e. The molecule has 0 saturated heterocycles. The van der Waals surface area contributed by atoms with E-state index >= 15 is 0 Å². The van der Waals surface area contributed by atoms with Gasteiger partial charge in [-0.25, -0.2) is 4.98 Å². The van der Waals surface area contributed by atoms with E-state index in [0.29, 0.717) is 11.3 Å². The summed E-state index contributed by atoms with van der Waals surface area (Å²) in [5.74, 6) is 2.54. The van der Waals surface area contributed by atoms with E-state index in [-0.39, 0.29) is 0 Å². The highest BCUT2D eigenvalue weighted by atomic mass is 35.5. The lowest BCUT2D eigenvalue weighted by Crippen LogP contribution is -2.28. The molecule has 1 fully saturated rings. The van der Waals surface area contributed by atoms with Gasteiger partial charge in [-0.05, 0) is 37.5 Å². The molecule has 0 amide bonds. The largest absolute Gasteiger partial charge is 0.250 e. The van der Waals surface area contributed by atoms with Crippen molar-refractivity contribution in [2.45, 2.75) is 64.3 Å². The number of nitrogens with zero attached hydrogens (tertiary/aromatic N) is 3. The standard InChI is InChI=1S/C14H24ClN3/c1-3-7-18-14(16-10-17-18)9-12-8-11(4-2)5-6-13(12)15/h10-13H,3-9H2,1-2H3. The van der Waals surface area contributed by atoms with Gasteiger partial charge in [0.2, 0.25) is 0 Å². The zero-order valence-corrected chi connectivity index (χ0v) is 12.2. The van der Waals surface area contributed by atoms with Gasteiger partial charge in [-0.15, -0.1) is 11.6 Å². The van der Waals surface area contributed by atoms with Crippen LogP contribution in [0, 0.1) is 11.8 Å². The summed E-state index contributed by atoms with van der Waals surface area (Å²) in [5.41, 5.74) is 0. The van der Waals surface area contributed by atoms with Gasteiger partial charge in [0, 0.05) is 18.3 Å². The van der Waals surface area contributed by atoms with Crippen LogP contribution in [0.25, 0.3) is 0 Å². The molecule has 0 radical (unpaired) electrons. The Labute approximate surface area is 115 Å². The molecule has 102 valence electrons. The highest BCUT2D eigenvalue weighted by Gasteiger charge is 2.29. The number of hydrogen-bond acceptors (Lipinski definition) is 2. The number of alkyl halides is 1. The van der Waals surface area contributed by atoms with Crippen LogP contribution in [0.15, 0.2) is 6.33 Å². The second kappa shape index (κ2) is 6.55. The molecule has 3 unspecified atom stereocenters. The predicted octanol–water partition coefficient (Wildman–Crippen LogP) is 3.66. The van der Waals surface area contributed by atoms with Crippen molar-refractivity contribution < 1.29 is 0 Å². The normalized spacial score (nSPS) is 28.5. The van der Waals surface area contributed by atoms with Gasteiger partial charge in [-0.1, -0.05) is 20.3 Å². The van der Waals surface area contributed by atoms with Crippen LogP contribution in [0.1, 0.15) is 51.8 Å². The third-order valence-electron chi connectivity index (χ3n) is 4.15. The Morgan fingerprint density at radius 2 is 2.22 bits per heavy atom. The molecule has 1 aliphatic carbocycles. The smallest absolute Gasteiger partial charge is 0.138 e. The SMILES string of the molecule is CCCn1ncnc1CC1CC(CC)CCC1Cl. The van der Waals surface area contributed by atoms with Crippen molar-refractivity contribution in [1.82, 2.24) is 14.8 Å². The molecule has 18 heavy (non-hydrogen) atoms. The molecule has 1 heterocycles. The van der Waals surface area contributed by atoms with E-state index in [1.807, 2.05) is 4.68 Å². The molecule has 1 aliphatic rings. The molecule has 3 nitrogen and oxygen atoms in total. The Kier molecular flexibility index (Phi) is 5.04. The first-order chi connectivity index (χ1) is 8.74. The van der Waals surface area contributed by atoms with Crippen molar-refractivity contribution >= 4 is 11.6 Å². The number of aromatic nitrogens is 3. The fraction of sp³-hybridized carbons (Fsp3) is 0.857. The third-order valence-corrected chi connectivity index (χ3v) is 4.73. The minimum Gasteiger partial charge on any atom is -0.250 e. The van der Waals surface area contributed by atoms with Gasteiger partial charge in [0.25, 0.3) is 0 Å². The molecule has 0 aliphatic heterocycles. The average molecular weight is 270 g/mol. The Hall–Kier alpha value is -0.570. The summed E-state index contributed by atoms with van der Waals surface area (Å²) in [6.07, 6.45) is 8.75. The molecule has 4 heteroatoms.